The fourth-order valence-electron chi connectivity index (χ4n) is 5.47. The van der Waals surface area contributed by atoms with Gasteiger partial charge in [0.25, 0.3) is 0 Å². The van der Waals surface area contributed by atoms with Gasteiger partial charge in [0.1, 0.15) is 11.8 Å². The second-order valence-electron chi connectivity index (χ2n) is 9.19. The SMILES string of the molecule is COc1ccccc1C(c1nnnn1Cc1ccccc1)N1CCN(C2CCCCC2)CC1. The second-order valence-corrected chi connectivity index (χ2v) is 9.19. The quantitative estimate of drug-likeness (QED) is 0.551. The molecule has 1 aliphatic carbocycles. The number of tetrazole rings is 1. The number of ether oxygens (including phenoxy) is 1. The minimum Gasteiger partial charge on any atom is -0.496 e. The zero-order chi connectivity index (χ0) is 22.5. The molecule has 3 aromatic rings. The predicted molar refractivity (Wildman–Crippen MR) is 128 cm³/mol. The van der Waals surface area contributed by atoms with Crippen molar-refractivity contribution in [3.63, 3.8) is 0 Å². The molecule has 0 spiro atoms. The van der Waals surface area contributed by atoms with Gasteiger partial charge in [0.2, 0.25) is 0 Å². The number of para-hydroxylation sites is 1. The average molecular weight is 447 g/mol. The second kappa shape index (κ2) is 10.4. The highest BCUT2D eigenvalue weighted by atomic mass is 16.5. The Kier molecular flexibility index (Phi) is 6.98. The topological polar surface area (TPSA) is 59.3 Å². The van der Waals surface area contributed by atoms with Crippen molar-refractivity contribution in [2.75, 3.05) is 33.3 Å². The standard InChI is InChI=1S/C26H34N6O/c1-33-24-15-9-8-14-23(24)25(26-27-28-29-32(26)20-21-10-4-2-5-11-21)31-18-16-30(17-19-31)22-12-6-3-7-13-22/h2,4-5,8-11,14-15,22,25H,3,6-7,12-13,16-20H2,1H3. The van der Waals surface area contributed by atoms with Gasteiger partial charge < -0.3 is 4.74 Å². The molecular formula is C26H34N6O. The number of hydrogen-bond acceptors (Lipinski definition) is 6. The van der Waals surface area contributed by atoms with Crippen LogP contribution in [0.25, 0.3) is 0 Å². The monoisotopic (exact) mass is 446 g/mol. The van der Waals surface area contributed by atoms with Gasteiger partial charge in [-0.3, -0.25) is 9.80 Å². The smallest absolute Gasteiger partial charge is 0.173 e. The Hall–Kier alpha value is -2.77. The van der Waals surface area contributed by atoms with Crippen molar-refractivity contribution in [3.05, 3.63) is 71.5 Å². The van der Waals surface area contributed by atoms with E-state index >= 15 is 0 Å². The number of hydrogen-bond donors (Lipinski definition) is 0. The maximum absolute atomic E-state index is 5.77. The molecule has 0 amide bonds. The maximum atomic E-state index is 5.77. The first-order valence-electron chi connectivity index (χ1n) is 12.2. The summed E-state index contributed by atoms with van der Waals surface area (Å²) in [6.07, 6.45) is 6.86. The van der Waals surface area contributed by atoms with Gasteiger partial charge in [0.05, 0.1) is 13.7 Å². The summed E-state index contributed by atoms with van der Waals surface area (Å²) in [5.74, 6) is 1.75. The first kappa shape index (κ1) is 22.0. The number of aromatic nitrogens is 4. The fraction of sp³-hybridized carbons (Fsp3) is 0.500. The van der Waals surface area contributed by atoms with Gasteiger partial charge in [-0.25, -0.2) is 4.68 Å². The van der Waals surface area contributed by atoms with E-state index in [0.29, 0.717) is 6.54 Å². The summed E-state index contributed by atoms with van der Waals surface area (Å²) in [5.41, 5.74) is 2.31. The Morgan fingerprint density at radius 1 is 0.909 bits per heavy atom. The Balaban J connectivity index is 1.43. The number of nitrogens with zero attached hydrogens (tertiary/aromatic N) is 6. The average Bonchev–Trinajstić information content (AvgIpc) is 3.33. The van der Waals surface area contributed by atoms with Crippen molar-refractivity contribution in [1.29, 1.82) is 0 Å². The molecule has 1 aliphatic heterocycles. The van der Waals surface area contributed by atoms with E-state index in [1.807, 2.05) is 22.9 Å². The van der Waals surface area contributed by atoms with Crippen LogP contribution in [-0.2, 0) is 6.54 Å². The molecule has 2 fully saturated rings. The van der Waals surface area contributed by atoms with Crippen LogP contribution < -0.4 is 4.74 Å². The van der Waals surface area contributed by atoms with Crippen molar-refractivity contribution in [2.24, 2.45) is 0 Å². The van der Waals surface area contributed by atoms with Crippen LogP contribution in [0.2, 0.25) is 0 Å². The van der Waals surface area contributed by atoms with Gasteiger partial charge in [-0.15, -0.1) is 5.10 Å². The van der Waals surface area contributed by atoms with Crippen LogP contribution in [0.15, 0.2) is 54.6 Å². The summed E-state index contributed by atoms with van der Waals surface area (Å²) in [5, 5.41) is 13.0. The maximum Gasteiger partial charge on any atom is 0.173 e. The van der Waals surface area contributed by atoms with E-state index in [2.05, 4.69) is 61.7 Å². The molecule has 0 bridgehead atoms. The largest absolute Gasteiger partial charge is 0.496 e. The van der Waals surface area contributed by atoms with E-state index < -0.39 is 0 Å². The molecule has 2 aromatic carbocycles. The van der Waals surface area contributed by atoms with Crippen LogP contribution in [0, 0.1) is 0 Å². The van der Waals surface area contributed by atoms with E-state index in [1.54, 1.807) is 7.11 Å². The number of methoxy groups -OCH3 is 1. The normalized spacial score (nSPS) is 19.4. The minimum absolute atomic E-state index is 0.0478. The van der Waals surface area contributed by atoms with Crippen LogP contribution in [-0.4, -0.2) is 69.3 Å². The summed E-state index contributed by atoms with van der Waals surface area (Å²) in [7, 11) is 1.74. The Labute approximate surface area is 196 Å². The van der Waals surface area contributed by atoms with Gasteiger partial charge in [-0.05, 0) is 34.9 Å². The Morgan fingerprint density at radius 2 is 1.64 bits per heavy atom. The lowest BCUT2D eigenvalue weighted by Crippen LogP contribution is -2.52. The first-order valence-corrected chi connectivity index (χ1v) is 12.2. The highest BCUT2D eigenvalue weighted by Gasteiger charge is 2.34. The number of benzene rings is 2. The third-order valence-corrected chi connectivity index (χ3v) is 7.22. The summed E-state index contributed by atoms with van der Waals surface area (Å²) in [4.78, 5) is 5.24. The Bertz CT molecular complexity index is 1010. The summed E-state index contributed by atoms with van der Waals surface area (Å²) >= 11 is 0. The predicted octanol–water partition coefficient (Wildman–Crippen LogP) is 3.77. The molecular weight excluding hydrogens is 412 g/mol. The Morgan fingerprint density at radius 3 is 2.39 bits per heavy atom. The lowest BCUT2D eigenvalue weighted by atomic mass is 9.93. The van der Waals surface area contributed by atoms with Gasteiger partial charge in [-0.1, -0.05) is 67.8 Å². The van der Waals surface area contributed by atoms with Crippen LogP contribution >= 0.6 is 0 Å². The molecule has 33 heavy (non-hydrogen) atoms. The van der Waals surface area contributed by atoms with Gasteiger partial charge >= 0.3 is 0 Å². The van der Waals surface area contributed by atoms with E-state index in [9.17, 15) is 0 Å². The molecule has 2 heterocycles. The lowest BCUT2D eigenvalue weighted by molar-refractivity contribution is 0.0615. The van der Waals surface area contributed by atoms with Crippen molar-refractivity contribution >= 4 is 0 Å². The van der Waals surface area contributed by atoms with Crippen LogP contribution in [0.4, 0.5) is 0 Å². The van der Waals surface area contributed by atoms with Crippen LogP contribution in [0.3, 0.4) is 0 Å². The van der Waals surface area contributed by atoms with Crippen LogP contribution in [0.5, 0.6) is 5.75 Å². The molecule has 5 rings (SSSR count). The number of piperazine rings is 1. The van der Waals surface area contributed by atoms with Crippen molar-refractivity contribution in [1.82, 2.24) is 30.0 Å². The van der Waals surface area contributed by atoms with Crippen molar-refractivity contribution in [3.8, 4) is 5.75 Å². The minimum atomic E-state index is -0.0478. The van der Waals surface area contributed by atoms with E-state index in [1.165, 1.54) is 37.7 Å². The lowest BCUT2D eigenvalue weighted by Gasteiger charge is -2.43. The highest BCUT2D eigenvalue weighted by Crippen LogP contribution is 2.35. The molecule has 1 saturated carbocycles. The van der Waals surface area contributed by atoms with E-state index in [-0.39, 0.29) is 6.04 Å². The first-order chi connectivity index (χ1) is 16.3. The summed E-state index contributed by atoms with van der Waals surface area (Å²) in [6.45, 7) is 4.83. The van der Waals surface area contributed by atoms with Gasteiger partial charge in [0, 0.05) is 37.8 Å². The van der Waals surface area contributed by atoms with Crippen molar-refractivity contribution in [2.45, 2.75) is 50.7 Å². The molecule has 1 unspecified atom stereocenters. The summed E-state index contributed by atoms with van der Waals surface area (Å²) in [6, 6.07) is 19.4. The van der Waals surface area contributed by atoms with Crippen LogP contribution in [0.1, 0.15) is 55.1 Å². The molecule has 0 radical (unpaired) electrons. The molecule has 1 aromatic heterocycles. The zero-order valence-electron chi connectivity index (χ0n) is 19.5. The summed E-state index contributed by atoms with van der Waals surface area (Å²) < 4.78 is 7.72. The van der Waals surface area contributed by atoms with E-state index in [4.69, 9.17) is 4.74 Å². The number of rotatable bonds is 7. The zero-order valence-corrected chi connectivity index (χ0v) is 19.5. The van der Waals surface area contributed by atoms with Gasteiger partial charge in [0.15, 0.2) is 5.82 Å². The van der Waals surface area contributed by atoms with Crippen molar-refractivity contribution < 1.29 is 4.74 Å². The molecule has 1 atom stereocenters. The van der Waals surface area contributed by atoms with E-state index in [0.717, 1.165) is 49.4 Å². The molecule has 0 N–H and O–H groups in total. The third kappa shape index (κ3) is 4.94. The third-order valence-electron chi connectivity index (χ3n) is 7.22. The molecule has 1 saturated heterocycles. The van der Waals surface area contributed by atoms with Gasteiger partial charge in [-0.2, -0.15) is 0 Å². The molecule has 2 aliphatic rings. The molecule has 174 valence electrons. The fourth-order valence-corrected chi connectivity index (χ4v) is 5.47. The molecule has 7 heteroatoms. The highest BCUT2D eigenvalue weighted by molar-refractivity contribution is 5.39. The molecule has 7 nitrogen and oxygen atoms in total.